The number of benzene rings is 2. The molecule has 3 aromatic rings. The van der Waals surface area contributed by atoms with E-state index in [1.54, 1.807) is 7.11 Å². The van der Waals surface area contributed by atoms with Crippen LogP contribution in [0.2, 0.25) is 0 Å². The number of aromatic nitrogens is 2. The molecule has 3 rings (SSSR count). The number of hydrogen-bond donors (Lipinski definition) is 1. The number of methoxy groups -OCH3 is 1. The zero-order chi connectivity index (χ0) is 16.4. The molecule has 23 heavy (non-hydrogen) atoms. The minimum Gasteiger partial charge on any atom is -0.377 e. The molecular weight excluding hydrogens is 286 g/mol. The number of aryl methyl sites for hydroxylation is 2. The smallest absolute Gasteiger partial charge is 0.136 e. The summed E-state index contributed by atoms with van der Waals surface area (Å²) in [5, 5.41) is 0. The summed E-state index contributed by atoms with van der Waals surface area (Å²) in [6, 6.07) is 12.8. The van der Waals surface area contributed by atoms with Crippen LogP contribution < -0.4 is 5.73 Å². The van der Waals surface area contributed by atoms with Crippen LogP contribution in [-0.2, 0) is 24.4 Å². The van der Waals surface area contributed by atoms with E-state index in [4.69, 9.17) is 15.5 Å². The minimum atomic E-state index is 0.508. The molecule has 0 aliphatic rings. The number of rotatable bonds is 5. The summed E-state index contributed by atoms with van der Waals surface area (Å²) in [4.78, 5) is 4.75. The van der Waals surface area contributed by atoms with Crippen LogP contribution in [-0.4, -0.2) is 16.7 Å². The van der Waals surface area contributed by atoms with Gasteiger partial charge in [-0.2, -0.15) is 0 Å². The van der Waals surface area contributed by atoms with Gasteiger partial charge < -0.3 is 15.0 Å². The molecule has 4 heteroatoms. The monoisotopic (exact) mass is 309 g/mol. The molecule has 0 spiro atoms. The lowest BCUT2D eigenvalue weighted by Gasteiger charge is -2.10. The van der Waals surface area contributed by atoms with Gasteiger partial charge in [0, 0.05) is 20.2 Å². The molecule has 1 heterocycles. The van der Waals surface area contributed by atoms with E-state index in [0.717, 1.165) is 29.0 Å². The molecule has 0 fully saturated rings. The Morgan fingerprint density at radius 2 is 1.70 bits per heavy atom. The summed E-state index contributed by atoms with van der Waals surface area (Å²) >= 11 is 0. The van der Waals surface area contributed by atoms with Gasteiger partial charge >= 0.3 is 0 Å². The molecule has 4 nitrogen and oxygen atoms in total. The van der Waals surface area contributed by atoms with E-state index in [9.17, 15) is 0 Å². The maximum atomic E-state index is 5.67. The molecular formula is C19H23N3O. The van der Waals surface area contributed by atoms with Crippen molar-refractivity contribution in [2.24, 2.45) is 5.73 Å². The van der Waals surface area contributed by atoms with E-state index in [-0.39, 0.29) is 0 Å². The lowest BCUT2D eigenvalue weighted by molar-refractivity contribution is 0.175. The number of hydrogen-bond acceptors (Lipinski definition) is 3. The zero-order valence-electron chi connectivity index (χ0n) is 14.0. The van der Waals surface area contributed by atoms with Crippen molar-refractivity contribution in [2.45, 2.75) is 33.5 Å². The van der Waals surface area contributed by atoms with Crippen LogP contribution in [0.3, 0.4) is 0 Å². The molecule has 0 amide bonds. The second-order valence-electron chi connectivity index (χ2n) is 5.99. The standard InChI is InChI=1S/C19H23N3O/c1-13-8-17-18(9-14(13)2)22(19(21-17)12-23-3)11-16-6-4-15(10-20)5-7-16/h4-9H,10-12,20H2,1-3H3. The molecule has 1 aromatic heterocycles. The quantitative estimate of drug-likeness (QED) is 0.786. The molecule has 0 saturated heterocycles. The largest absolute Gasteiger partial charge is 0.377 e. The van der Waals surface area contributed by atoms with Gasteiger partial charge in [0.2, 0.25) is 0 Å². The highest BCUT2D eigenvalue weighted by molar-refractivity contribution is 5.78. The molecule has 0 unspecified atom stereocenters. The van der Waals surface area contributed by atoms with Gasteiger partial charge in [-0.15, -0.1) is 0 Å². The molecule has 2 aromatic carbocycles. The van der Waals surface area contributed by atoms with Gasteiger partial charge in [-0.1, -0.05) is 24.3 Å². The molecule has 0 bridgehead atoms. The average molecular weight is 309 g/mol. The van der Waals surface area contributed by atoms with Crippen LogP contribution in [0.25, 0.3) is 11.0 Å². The van der Waals surface area contributed by atoms with Gasteiger partial charge in [0.1, 0.15) is 12.4 Å². The Balaban J connectivity index is 2.05. The summed E-state index contributed by atoms with van der Waals surface area (Å²) < 4.78 is 7.57. The number of nitrogens with zero attached hydrogens (tertiary/aromatic N) is 2. The first kappa shape index (κ1) is 15.7. The third-order valence-corrected chi connectivity index (χ3v) is 4.32. The van der Waals surface area contributed by atoms with Crippen molar-refractivity contribution in [3.8, 4) is 0 Å². The zero-order valence-corrected chi connectivity index (χ0v) is 14.0. The third kappa shape index (κ3) is 3.14. The predicted molar refractivity (Wildman–Crippen MR) is 93.4 cm³/mol. The average Bonchev–Trinajstić information content (AvgIpc) is 2.86. The number of imidazole rings is 1. The topological polar surface area (TPSA) is 53.1 Å². The van der Waals surface area contributed by atoms with E-state index in [1.165, 1.54) is 16.7 Å². The molecule has 0 saturated carbocycles. The number of ether oxygens (including phenoxy) is 1. The SMILES string of the molecule is COCc1nc2cc(C)c(C)cc2n1Cc1ccc(CN)cc1. The van der Waals surface area contributed by atoms with Crippen molar-refractivity contribution in [3.05, 3.63) is 64.5 Å². The van der Waals surface area contributed by atoms with Crippen LogP contribution >= 0.6 is 0 Å². The fourth-order valence-corrected chi connectivity index (χ4v) is 2.81. The first-order valence-electron chi connectivity index (χ1n) is 7.85. The van der Waals surface area contributed by atoms with Crippen LogP contribution in [0.4, 0.5) is 0 Å². The maximum Gasteiger partial charge on any atom is 0.136 e. The summed E-state index contributed by atoms with van der Waals surface area (Å²) in [5.41, 5.74) is 12.8. The van der Waals surface area contributed by atoms with Gasteiger partial charge in [-0.25, -0.2) is 4.98 Å². The molecule has 0 aliphatic carbocycles. The Morgan fingerprint density at radius 3 is 2.35 bits per heavy atom. The van der Waals surface area contributed by atoms with Crippen LogP contribution in [0.5, 0.6) is 0 Å². The highest BCUT2D eigenvalue weighted by atomic mass is 16.5. The molecule has 0 atom stereocenters. The Kier molecular flexibility index (Phi) is 4.46. The molecule has 0 radical (unpaired) electrons. The fraction of sp³-hybridized carbons (Fsp3) is 0.316. The fourth-order valence-electron chi connectivity index (χ4n) is 2.81. The molecule has 120 valence electrons. The maximum absolute atomic E-state index is 5.67. The Morgan fingerprint density at radius 1 is 1.04 bits per heavy atom. The summed E-state index contributed by atoms with van der Waals surface area (Å²) in [6.07, 6.45) is 0. The lowest BCUT2D eigenvalue weighted by atomic mass is 10.1. The lowest BCUT2D eigenvalue weighted by Crippen LogP contribution is -2.06. The van der Waals surface area contributed by atoms with Crippen LogP contribution in [0.1, 0.15) is 28.1 Å². The highest BCUT2D eigenvalue weighted by Gasteiger charge is 2.12. The highest BCUT2D eigenvalue weighted by Crippen LogP contribution is 2.22. The number of fused-ring (bicyclic) bond motifs is 1. The second-order valence-corrected chi connectivity index (χ2v) is 5.99. The Bertz CT molecular complexity index is 819. The van der Waals surface area contributed by atoms with Crippen molar-refractivity contribution in [3.63, 3.8) is 0 Å². The van der Waals surface area contributed by atoms with Crippen molar-refractivity contribution < 1.29 is 4.74 Å². The van der Waals surface area contributed by atoms with Crippen molar-refractivity contribution >= 4 is 11.0 Å². The van der Waals surface area contributed by atoms with E-state index < -0.39 is 0 Å². The second kappa shape index (κ2) is 6.52. The first-order chi connectivity index (χ1) is 11.1. The van der Waals surface area contributed by atoms with E-state index in [1.807, 2.05) is 0 Å². The Labute approximate surface area is 136 Å². The molecule has 0 aliphatic heterocycles. The predicted octanol–water partition coefficient (Wildman–Crippen LogP) is 3.31. The van der Waals surface area contributed by atoms with E-state index in [0.29, 0.717) is 13.2 Å². The van der Waals surface area contributed by atoms with Gasteiger partial charge in [0.15, 0.2) is 0 Å². The van der Waals surface area contributed by atoms with Crippen molar-refractivity contribution in [1.82, 2.24) is 9.55 Å². The van der Waals surface area contributed by atoms with E-state index >= 15 is 0 Å². The van der Waals surface area contributed by atoms with E-state index in [2.05, 4.69) is 54.8 Å². The van der Waals surface area contributed by atoms with Gasteiger partial charge in [-0.3, -0.25) is 0 Å². The Hall–Kier alpha value is -2.17. The van der Waals surface area contributed by atoms with Gasteiger partial charge in [-0.05, 0) is 48.2 Å². The first-order valence-corrected chi connectivity index (χ1v) is 7.85. The number of nitrogens with two attached hydrogens (primary N) is 1. The van der Waals surface area contributed by atoms with Gasteiger partial charge in [0.25, 0.3) is 0 Å². The normalized spacial score (nSPS) is 11.3. The van der Waals surface area contributed by atoms with Crippen LogP contribution in [0.15, 0.2) is 36.4 Å². The van der Waals surface area contributed by atoms with Crippen molar-refractivity contribution in [2.75, 3.05) is 7.11 Å². The summed E-state index contributed by atoms with van der Waals surface area (Å²) in [7, 11) is 1.70. The molecule has 2 N–H and O–H groups in total. The van der Waals surface area contributed by atoms with Crippen molar-refractivity contribution in [1.29, 1.82) is 0 Å². The summed E-state index contributed by atoms with van der Waals surface area (Å²) in [6.45, 7) is 6.12. The third-order valence-electron chi connectivity index (χ3n) is 4.32. The van der Waals surface area contributed by atoms with Crippen LogP contribution in [0, 0.1) is 13.8 Å². The summed E-state index contributed by atoms with van der Waals surface area (Å²) in [5.74, 6) is 0.954. The minimum absolute atomic E-state index is 0.508. The van der Waals surface area contributed by atoms with Gasteiger partial charge in [0.05, 0.1) is 11.0 Å².